The van der Waals surface area contributed by atoms with Crippen LogP contribution < -0.4 is 0 Å². The van der Waals surface area contributed by atoms with Crippen LogP contribution in [-0.2, 0) is 14.3 Å². The molecule has 0 spiro atoms. The molecule has 6 atom stereocenters. The van der Waals surface area contributed by atoms with Crippen LogP contribution >= 0.6 is 0 Å². The Bertz CT molecular complexity index is 793. The zero-order chi connectivity index (χ0) is 20.2. The Morgan fingerprint density at radius 3 is 2.64 bits per heavy atom. The van der Waals surface area contributed by atoms with Crippen molar-refractivity contribution in [2.45, 2.75) is 51.9 Å². The number of ether oxygens (including phenoxy) is 1. The molecule has 4 rings (SSSR count). The number of rotatable bonds is 4. The van der Waals surface area contributed by atoms with Crippen molar-refractivity contribution in [3.05, 3.63) is 29.8 Å². The van der Waals surface area contributed by atoms with Gasteiger partial charge in [-0.15, -0.1) is 0 Å². The quantitative estimate of drug-likeness (QED) is 0.776. The molecule has 3 fully saturated rings. The summed E-state index contributed by atoms with van der Waals surface area (Å²) >= 11 is 0. The van der Waals surface area contributed by atoms with Gasteiger partial charge in [0, 0.05) is 18.4 Å². The minimum Gasteiger partial charge on any atom is -0.508 e. The Kier molecular flexibility index (Phi) is 4.74. The Morgan fingerprint density at radius 2 is 2.00 bits per heavy atom. The van der Waals surface area contributed by atoms with Gasteiger partial charge < -0.3 is 14.9 Å². The lowest BCUT2D eigenvalue weighted by Gasteiger charge is -2.46. The number of phenolic OH excluding ortho intramolecular Hbond substituents is 1. The number of phenols is 1. The normalized spacial score (nSPS) is 37.5. The minimum atomic E-state index is -1.44. The maximum absolute atomic E-state index is 13.1. The number of carbonyl (C=O) groups is 2. The highest BCUT2D eigenvalue weighted by atomic mass is 16.6. The number of nitrogens with zero attached hydrogens (tertiary/aromatic N) is 1. The fourth-order valence-corrected chi connectivity index (χ4v) is 5.61. The van der Waals surface area contributed by atoms with Gasteiger partial charge in [0.15, 0.2) is 5.79 Å². The van der Waals surface area contributed by atoms with Crippen LogP contribution in [0.1, 0.15) is 51.7 Å². The van der Waals surface area contributed by atoms with Crippen LogP contribution in [-0.4, -0.2) is 39.3 Å². The predicted octanol–water partition coefficient (Wildman–Crippen LogP) is 2.85. The second-order valence-corrected chi connectivity index (χ2v) is 8.84. The summed E-state index contributed by atoms with van der Waals surface area (Å²) in [4.78, 5) is 27.4. The molecule has 152 valence electrons. The fraction of sp³-hybridized carbons (Fsp3) is 0.636. The Morgan fingerprint density at radius 1 is 1.25 bits per heavy atom. The van der Waals surface area contributed by atoms with Gasteiger partial charge >= 0.3 is 0 Å². The second-order valence-electron chi connectivity index (χ2n) is 8.84. The average Bonchev–Trinajstić information content (AvgIpc) is 3.11. The third-order valence-corrected chi connectivity index (χ3v) is 6.86. The zero-order valence-corrected chi connectivity index (χ0v) is 16.7. The highest BCUT2D eigenvalue weighted by molar-refractivity contribution is 6.05. The van der Waals surface area contributed by atoms with Crippen LogP contribution in [0.5, 0.6) is 5.75 Å². The predicted molar refractivity (Wildman–Crippen MR) is 102 cm³/mol. The number of aliphatic hydroxyl groups is 1. The van der Waals surface area contributed by atoms with E-state index in [-0.39, 0.29) is 35.3 Å². The van der Waals surface area contributed by atoms with E-state index in [4.69, 9.17) is 4.74 Å². The fourth-order valence-electron chi connectivity index (χ4n) is 5.61. The van der Waals surface area contributed by atoms with Gasteiger partial charge in [0.1, 0.15) is 5.75 Å². The Balaban J connectivity index is 1.72. The summed E-state index contributed by atoms with van der Waals surface area (Å²) in [5.41, 5.74) is 0.782. The SMILES string of the molecule is CCCN1C(=O)[C@H]2[C@H](C[C@H](C(C)C)[C@@]3(O)O[C@H](c4cccc(O)c4)C[C@@H]23)C1=O. The topological polar surface area (TPSA) is 87.1 Å². The van der Waals surface area contributed by atoms with E-state index in [1.165, 1.54) is 4.90 Å². The van der Waals surface area contributed by atoms with Crippen molar-refractivity contribution in [3.8, 4) is 5.75 Å². The standard InChI is InChI=1S/C22H29NO5/c1-4-8-23-20(25)15-10-16(12(2)3)22(27)17(19(15)21(23)26)11-18(28-22)13-6-5-7-14(24)9-13/h5-7,9,12,15-19,24,27H,4,8,10-11H2,1-3H3/t15-,16+,17-,18-,19-,22+/m0/s1. The molecular weight excluding hydrogens is 358 g/mol. The second kappa shape index (κ2) is 6.85. The molecule has 0 unspecified atom stereocenters. The van der Waals surface area contributed by atoms with Gasteiger partial charge in [-0.05, 0) is 42.9 Å². The van der Waals surface area contributed by atoms with Crippen LogP contribution in [0.25, 0.3) is 0 Å². The van der Waals surface area contributed by atoms with Gasteiger partial charge in [-0.1, -0.05) is 32.9 Å². The number of imide groups is 1. The summed E-state index contributed by atoms with van der Waals surface area (Å²) in [5.74, 6) is -2.99. The number of fused-ring (bicyclic) bond motifs is 3. The van der Waals surface area contributed by atoms with Gasteiger partial charge in [-0.25, -0.2) is 0 Å². The first-order valence-corrected chi connectivity index (χ1v) is 10.3. The largest absolute Gasteiger partial charge is 0.508 e. The van der Waals surface area contributed by atoms with Crippen LogP contribution in [0.2, 0.25) is 0 Å². The Labute approximate surface area is 165 Å². The maximum atomic E-state index is 13.1. The van der Waals surface area contributed by atoms with Crippen molar-refractivity contribution < 1.29 is 24.5 Å². The summed E-state index contributed by atoms with van der Waals surface area (Å²) in [6, 6.07) is 6.83. The molecule has 3 aliphatic rings. The van der Waals surface area contributed by atoms with E-state index >= 15 is 0 Å². The molecule has 0 bridgehead atoms. The van der Waals surface area contributed by atoms with E-state index in [9.17, 15) is 19.8 Å². The van der Waals surface area contributed by atoms with Crippen molar-refractivity contribution in [2.24, 2.45) is 29.6 Å². The van der Waals surface area contributed by atoms with Crippen molar-refractivity contribution in [3.63, 3.8) is 0 Å². The van der Waals surface area contributed by atoms with Crippen LogP contribution in [0, 0.1) is 29.6 Å². The number of carbonyl (C=O) groups excluding carboxylic acids is 2. The van der Waals surface area contributed by atoms with E-state index in [1.54, 1.807) is 18.2 Å². The Hall–Kier alpha value is -1.92. The summed E-state index contributed by atoms with van der Waals surface area (Å²) in [6.45, 7) is 6.43. The molecule has 1 aliphatic carbocycles. The zero-order valence-electron chi connectivity index (χ0n) is 16.7. The molecule has 2 N–H and O–H groups in total. The highest BCUT2D eigenvalue weighted by Crippen LogP contribution is 2.59. The number of hydrogen-bond donors (Lipinski definition) is 2. The number of amides is 2. The van der Waals surface area contributed by atoms with Crippen molar-refractivity contribution in [1.82, 2.24) is 4.90 Å². The molecule has 0 aromatic heterocycles. The minimum absolute atomic E-state index is 0.0923. The van der Waals surface area contributed by atoms with Crippen LogP contribution in [0.4, 0.5) is 0 Å². The third-order valence-electron chi connectivity index (χ3n) is 6.86. The number of benzene rings is 1. The summed E-state index contributed by atoms with van der Waals surface area (Å²) in [6.07, 6.45) is 1.24. The van der Waals surface area contributed by atoms with Crippen molar-refractivity contribution in [1.29, 1.82) is 0 Å². The molecule has 6 nitrogen and oxygen atoms in total. The maximum Gasteiger partial charge on any atom is 0.233 e. The first-order valence-electron chi connectivity index (χ1n) is 10.3. The van der Waals surface area contributed by atoms with Crippen LogP contribution in [0.15, 0.2) is 24.3 Å². The lowest BCUT2D eigenvalue weighted by Crippen LogP contribution is -2.55. The number of likely N-dealkylation sites (tertiary alicyclic amines) is 1. The van der Waals surface area contributed by atoms with Gasteiger partial charge in [0.2, 0.25) is 11.8 Å². The molecular formula is C22H29NO5. The molecule has 2 heterocycles. The lowest BCUT2D eigenvalue weighted by molar-refractivity contribution is -0.276. The van der Waals surface area contributed by atoms with Crippen molar-refractivity contribution >= 4 is 11.8 Å². The van der Waals surface area contributed by atoms with E-state index in [0.29, 0.717) is 19.4 Å². The number of hydrogen-bond acceptors (Lipinski definition) is 5. The van der Waals surface area contributed by atoms with E-state index in [0.717, 1.165) is 12.0 Å². The molecule has 2 aliphatic heterocycles. The number of aromatic hydroxyl groups is 1. The smallest absolute Gasteiger partial charge is 0.233 e. The molecule has 6 heteroatoms. The third kappa shape index (κ3) is 2.77. The summed E-state index contributed by atoms with van der Waals surface area (Å²) < 4.78 is 6.22. The molecule has 28 heavy (non-hydrogen) atoms. The average molecular weight is 387 g/mol. The lowest BCUT2D eigenvalue weighted by atomic mass is 9.62. The first kappa shape index (κ1) is 19.4. The molecule has 1 saturated carbocycles. The molecule has 0 radical (unpaired) electrons. The molecule has 1 aromatic rings. The molecule has 2 saturated heterocycles. The molecule has 2 amide bonds. The van der Waals surface area contributed by atoms with Gasteiger partial charge in [-0.2, -0.15) is 0 Å². The van der Waals surface area contributed by atoms with Gasteiger partial charge in [0.05, 0.1) is 17.9 Å². The summed E-state index contributed by atoms with van der Waals surface area (Å²) in [7, 11) is 0. The van der Waals surface area contributed by atoms with E-state index in [1.807, 2.05) is 26.8 Å². The van der Waals surface area contributed by atoms with E-state index in [2.05, 4.69) is 0 Å². The van der Waals surface area contributed by atoms with E-state index < -0.39 is 23.7 Å². The van der Waals surface area contributed by atoms with Crippen LogP contribution in [0.3, 0.4) is 0 Å². The van der Waals surface area contributed by atoms with Crippen molar-refractivity contribution in [2.75, 3.05) is 6.54 Å². The monoisotopic (exact) mass is 387 g/mol. The molecule has 1 aromatic carbocycles. The van der Waals surface area contributed by atoms with Gasteiger partial charge in [0.25, 0.3) is 0 Å². The highest BCUT2D eigenvalue weighted by Gasteiger charge is 2.66. The summed E-state index contributed by atoms with van der Waals surface area (Å²) in [5, 5.41) is 21.5. The van der Waals surface area contributed by atoms with Gasteiger partial charge in [-0.3, -0.25) is 14.5 Å². The first-order chi connectivity index (χ1) is 13.3.